The molecular formula is C13H17N3O4. The number of nitrogens with one attached hydrogen (secondary N) is 1. The van der Waals surface area contributed by atoms with Gasteiger partial charge in [-0.25, -0.2) is 0 Å². The quantitative estimate of drug-likeness (QED) is 0.499. The lowest BCUT2D eigenvalue weighted by Crippen LogP contribution is -2.43. The van der Waals surface area contributed by atoms with E-state index in [1.165, 1.54) is 12.3 Å². The van der Waals surface area contributed by atoms with Crippen molar-refractivity contribution in [1.29, 1.82) is 0 Å². The second kappa shape index (κ2) is 5.96. The number of hydrogen-bond acceptors (Lipinski definition) is 5. The molecule has 0 aromatic carbocycles. The Balaban J connectivity index is 1.97. The van der Waals surface area contributed by atoms with Crippen LogP contribution < -0.4 is 0 Å². The molecule has 0 spiro atoms. The third-order valence-electron chi connectivity index (χ3n) is 3.65. The van der Waals surface area contributed by atoms with Crippen LogP contribution in [0, 0.1) is 16.0 Å². The highest BCUT2D eigenvalue weighted by molar-refractivity contribution is 5.96. The minimum absolute atomic E-state index is 0.00507. The second-order valence-electron chi connectivity index (χ2n) is 5.01. The molecule has 20 heavy (non-hydrogen) atoms. The number of rotatable bonds is 5. The number of carbonyl (C=O) groups excluding carboxylic acids is 2. The number of hydrogen-bond donors (Lipinski definition) is 1. The fourth-order valence-electron chi connectivity index (χ4n) is 2.42. The van der Waals surface area contributed by atoms with E-state index in [2.05, 4.69) is 4.98 Å². The molecule has 1 aliphatic heterocycles. The molecule has 0 bridgehead atoms. The van der Waals surface area contributed by atoms with Gasteiger partial charge in [-0.1, -0.05) is 6.92 Å². The maximum absolute atomic E-state index is 12.0. The molecule has 2 heterocycles. The average Bonchev–Trinajstić information content (AvgIpc) is 2.91. The zero-order valence-electron chi connectivity index (χ0n) is 11.3. The number of nitro groups is 1. The summed E-state index contributed by atoms with van der Waals surface area (Å²) in [6.45, 7) is 3.30. The summed E-state index contributed by atoms with van der Waals surface area (Å²) in [6.07, 6.45) is 2.45. The van der Waals surface area contributed by atoms with Crippen LogP contribution in [0.4, 0.5) is 5.69 Å². The summed E-state index contributed by atoms with van der Waals surface area (Å²) < 4.78 is 0. The third-order valence-corrected chi connectivity index (χ3v) is 3.65. The maximum atomic E-state index is 12.0. The summed E-state index contributed by atoms with van der Waals surface area (Å²) in [6, 6.07) is 1.24. The monoisotopic (exact) mass is 279 g/mol. The summed E-state index contributed by atoms with van der Waals surface area (Å²) in [7, 11) is 0. The molecule has 1 atom stereocenters. The van der Waals surface area contributed by atoms with Gasteiger partial charge in [0.25, 0.3) is 5.69 Å². The van der Waals surface area contributed by atoms with Crippen LogP contribution in [0.2, 0.25) is 0 Å². The number of aromatic nitrogens is 1. The lowest BCUT2D eigenvalue weighted by atomic mass is 9.94. The fourth-order valence-corrected chi connectivity index (χ4v) is 2.42. The van der Waals surface area contributed by atoms with Crippen molar-refractivity contribution < 1.29 is 14.5 Å². The van der Waals surface area contributed by atoms with Crippen molar-refractivity contribution in [2.75, 3.05) is 19.6 Å². The Labute approximate surface area is 116 Å². The molecule has 0 aliphatic carbocycles. The Kier molecular flexibility index (Phi) is 4.29. The summed E-state index contributed by atoms with van der Waals surface area (Å²) >= 11 is 0. The molecule has 2 rings (SSSR count). The number of Topliss-reactive ketones (excluding diaryl/α,β-unsaturated/α-hetero) is 2. The van der Waals surface area contributed by atoms with Crippen LogP contribution in [0.15, 0.2) is 12.3 Å². The highest BCUT2D eigenvalue weighted by atomic mass is 16.6. The fraction of sp³-hybridized carbons (Fsp3) is 0.538. The van der Waals surface area contributed by atoms with Crippen LogP contribution in [0.5, 0.6) is 0 Å². The van der Waals surface area contributed by atoms with Crippen molar-refractivity contribution >= 4 is 17.3 Å². The van der Waals surface area contributed by atoms with Crippen LogP contribution in [0.1, 0.15) is 30.3 Å². The zero-order valence-corrected chi connectivity index (χ0v) is 11.3. The van der Waals surface area contributed by atoms with Gasteiger partial charge in [-0.15, -0.1) is 0 Å². The third kappa shape index (κ3) is 3.11. The lowest BCUT2D eigenvalue weighted by Gasteiger charge is -2.30. The van der Waals surface area contributed by atoms with Crippen LogP contribution in [0.3, 0.4) is 0 Å². The Morgan fingerprint density at radius 1 is 1.60 bits per heavy atom. The molecule has 1 unspecified atom stereocenters. The van der Waals surface area contributed by atoms with E-state index in [1.807, 2.05) is 11.8 Å². The molecule has 7 heteroatoms. The number of aromatic amines is 1. The Morgan fingerprint density at radius 2 is 2.35 bits per heavy atom. The van der Waals surface area contributed by atoms with Crippen molar-refractivity contribution in [2.45, 2.75) is 19.8 Å². The number of nitrogens with zero attached hydrogens (tertiary/aromatic N) is 2. The van der Waals surface area contributed by atoms with Gasteiger partial charge in [0.1, 0.15) is 5.78 Å². The molecule has 1 fully saturated rings. The Morgan fingerprint density at radius 3 is 2.95 bits per heavy atom. The SMILES string of the molecule is CCC1CN(CC(=O)c2cc([N+](=O)[O-])c[nH]2)CCC1=O. The van der Waals surface area contributed by atoms with Crippen molar-refractivity contribution in [3.05, 3.63) is 28.1 Å². The first kappa shape index (κ1) is 14.4. The molecule has 1 N–H and O–H groups in total. The zero-order chi connectivity index (χ0) is 14.7. The predicted molar refractivity (Wildman–Crippen MR) is 71.6 cm³/mol. The summed E-state index contributed by atoms with van der Waals surface area (Å²) in [5.41, 5.74) is 0.121. The molecule has 1 aromatic heterocycles. The average molecular weight is 279 g/mol. The van der Waals surface area contributed by atoms with E-state index in [0.717, 1.165) is 6.42 Å². The number of piperidine rings is 1. The smallest absolute Gasteiger partial charge is 0.287 e. The van der Waals surface area contributed by atoms with Gasteiger partial charge < -0.3 is 4.98 Å². The number of H-pyrrole nitrogens is 1. The van der Waals surface area contributed by atoms with Gasteiger partial charge in [0.15, 0.2) is 5.78 Å². The number of carbonyl (C=O) groups is 2. The first-order valence-electron chi connectivity index (χ1n) is 6.62. The van der Waals surface area contributed by atoms with Crippen LogP contribution in [-0.2, 0) is 4.79 Å². The molecule has 0 saturated carbocycles. The van der Waals surface area contributed by atoms with Gasteiger partial charge in [-0.3, -0.25) is 24.6 Å². The van der Waals surface area contributed by atoms with E-state index in [0.29, 0.717) is 19.5 Å². The summed E-state index contributed by atoms with van der Waals surface area (Å²) in [5, 5.41) is 10.6. The normalized spacial score (nSPS) is 20.1. The van der Waals surface area contributed by atoms with E-state index in [9.17, 15) is 19.7 Å². The molecule has 0 radical (unpaired) electrons. The van der Waals surface area contributed by atoms with Gasteiger partial charge in [0, 0.05) is 31.5 Å². The molecule has 1 aromatic rings. The lowest BCUT2D eigenvalue weighted by molar-refractivity contribution is -0.384. The maximum Gasteiger partial charge on any atom is 0.287 e. The van der Waals surface area contributed by atoms with E-state index in [4.69, 9.17) is 0 Å². The van der Waals surface area contributed by atoms with E-state index < -0.39 is 4.92 Å². The van der Waals surface area contributed by atoms with Gasteiger partial charge in [-0.2, -0.15) is 0 Å². The van der Waals surface area contributed by atoms with E-state index >= 15 is 0 Å². The highest BCUT2D eigenvalue weighted by Gasteiger charge is 2.27. The first-order valence-corrected chi connectivity index (χ1v) is 6.62. The largest absolute Gasteiger partial charge is 0.353 e. The van der Waals surface area contributed by atoms with Gasteiger partial charge in [0.05, 0.1) is 23.4 Å². The predicted octanol–water partition coefficient (Wildman–Crippen LogP) is 1.41. The van der Waals surface area contributed by atoms with Crippen molar-refractivity contribution in [1.82, 2.24) is 9.88 Å². The van der Waals surface area contributed by atoms with Gasteiger partial charge >= 0.3 is 0 Å². The van der Waals surface area contributed by atoms with Gasteiger partial charge in [0.2, 0.25) is 0 Å². The first-order chi connectivity index (χ1) is 9.51. The summed E-state index contributed by atoms with van der Waals surface area (Å²) in [5.74, 6) is 0.0588. The minimum atomic E-state index is -0.542. The van der Waals surface area contributed by atoms with Crippen molar-refractivity contribution in [3.8, 4) is 0 Å². The number of likely N-dealkylation sites (tertiary alicyclic amines) is 1. The topological polar surface area (TPSA) is 96.3 Å². The minimum Gasteiger partial charge on any atom is -0.353 e. The molecule has 1 saturated heterocycles. The number of ketones is 2. The highest BCUT2D eigenvalue weighted by Crippen LogP contribution is 2.17. The van der Waals surface area contributed by atoms with E-state index in [1.54, 1.807) is 0 Å². The van der Waals surface area contributed by atoms with E-state index in [-0.39, 0.29) is 35.4 Å². The molecule has 1 aliphatic rings. The van der Waals surface area contributed by atoms with Crippen LogP contribution in [-0.4, -0.2) is 46.0 Å². The van der Waals surface area contributed by atoms with Gasteiger partial charge in [-0.05, 0) is 6.42 Å². The molecular weight excluding hydrogens is 262 g/mol. The van der Waals surface area contributed by atoms with Crippen LogP contribution in [0.25, 0.3) is 0 Å². The Hall–Kier alpha value is -2.02. The van der Waals surface area contributed by atoms with Crippen molar-refractivity contribution in [2.24, 2.45) is 5.92 Å². The summed E-state index contributed by atoms with van der Waals surface area (Å²) in [4.78, 5) is 38.2. The Bertz CT molecular complexity index is 537. The van der Waals surface area contributed by atoms with Crippen molar-refractivity contribution in [3.63, 3.8) is 0 Å². The second-order valence-corrected chi connectivity index (χ2v) is 5.01. The standard InChI is InChI=1S/C13H17N3O4/c1-2-9-7-15(4-3-12(9)17)8-13(18)11-5-10(6-14-11)16(19)20/h5-6,9,14H,2-4,7-8H2,1H3. The molecule has 0 amide bonds. The molecule has 7 nitrogen and oxygen atoms in total. The van der Waals surface area contributed by atoms with Crippen LogP contribution >= 0.6 is 0 Å². The molecule has 108 valence electrons.